The summed E-state index contributed by atoms with van der Waals surface area (Å²) in [6, 6.07) is 16.3. The normalized spacial score (nSPS) is 17.7. The Morgan fingerprint density at radius 2 is 1.91 bits per heavy atom. The van der Waals surface area contributed by atoms with Crippen molar-refractivity contribution in [1.29, 1.82) is 0 Å². The molecule has 1 saturated heterocycles. The third-order valence-electron chi connectivity index (χ3n) is 5.21. The molecule has 7 heteroatoms. The lowest BCUT2D eigenvalue weighted by molar-refractivity contribution is -0.140. The summed E-state index contributed by atoms with van der Waals surface area (Å²) in [4.78, 5) is 27.5. The van der Waals surface area contributed by atoms with Gasteiger partial charge in [0.2, 0.25) is 0 Å². The van der Waals surface area contributed by atoms with Gasteiger partial charge >= 0.3 is 0 Å². The summed E-state index contributed by atoms with van der Waals surface area (Å²) in [6.07, 6.45) is 2.35. The highest BCUT2D eigenvalue weighted by molar-refractivity contribution is 6.46. The number of furan rings is 1. The molecule has 1 atom stereocenters. The maximum atomic E-state index is 13.1. The topological polar surface area (TPSA) is 80.0 Å². The van der Waals surface area contributed by atoms with Gasteiger partial charge < -0.3 is 19.2 Å². The minimum absolute atomic E-state index is 0.0107. The molecular weight excluding hydrogens is 430 g/mol. The predicted molar refractivity (Wildman–Crippen MR) is 120 cm³/mol. The second kappa shape index (κ2) is 9.32. The Labute approximate surface area is 190 Å². The fourth-order valence-corrected chi connectivity index (χ4v) is 3.84. The molecule has 2 heterocycles. The van der Waals surface area contributed by atoms with E-state index in [1.165, 1.54) is 11.2 Å². The SMILES string of the molecule is CCCOc1cccc(C2C(=C(O)c3ccc(Cl)cc3)C(=O)C(=O)N2Cc2ccco2)c1. The van der Waals surface area contributed by atoms with Gasteiger partial charge in [-0.3, -0.25) is 9.59 Å². The molecule has 1 aliphatic rings. The number of aliphatic hydroxyl groups excluding tert-OH is 1. The van der Waals surface area contributed by atoms with Crippen LogP contribution in [0.1, 0.15) is 36.3 Å². The number of benzene rings is 2. The number of halogens is 1. The molecule has 1 fully saturated rings. The molecule has 0 bridgehead atoms. The quantitative estimate of drug-likeness (QED) is 0.298. The number of aliphatic hydroxyl groups is 1. The van der Waals surface area contributed by atoms with Crippen LogP contribution in [0.3, 0.4) is 0 Å². The summed E-state index contributed by atoms with van der Waals surface area (Å²) in [7, 11) is 0. The van der Waals surface area contributed by atoms with Gasteiger partial charge in [-0.1, -0.05) is 30.7 Å². The number of hydrogen-bond donors (Lipinski definition) is 1. The van der Waals surface area contributed by atoms with E-state index >= 15 is 0 Å². The first kappa shape index (κ1) is 21.7. The van der Waals surface area contributed by atoms with Crippen LogP contribution in [-0.2, 0) is 16.1 Å². The van der Waals surface area contributed by atoms with Crippen molar-refractivity contribution in [2.75, 3.05) is 6.61 Å². The number of likely N-dealkylation sites (tertiary alicyclic amines) is 1. The first-order chi connectivity index (χ1) is 15.5. The molecular formula is C25H22ClNO5. The van der Waals surface area contributed by atoms with Gasteiger partial charge in [0.05, 0.1) is 31.0 Å². The second-order valence-electron chi connectivity index (χ2n) is 7.43. The van der Waals surface area contributed by atoms with Gasteiger partial charge in [0.25, 0.3) is 11.7 Å². The first-order valence-corrected chi connectivity index (χ1v) is 10.7. The van der Waals surface area contributed by atoms with E-state index in [0.717, 1.165) is 6.42 Å². The van der Waals surface area contributed by atoms with E-state index in [1.807, 2.05) is 13.0 Å². The molecule has 0 saturated carbocycles. The summed E-state index contributed by atoms with van der Waals surface area (Å²) in [5, 5.41) is 11.6. The Balaban J connectivity index is 1.83. The van der Waals surface area contributed by atoms with Crippen molar-refractivity contribution in [2.24, 2.45) is 0 Å². The van der Waals surface area contributed by atoms with E-state index < -0.39 is 17.7 Å². The minimum atomic E-state index is -0.805. The first-order valence-electron chi connectivity index (χ1n) is 10.3. The second-order valence-corrected chi connectivity index (χ2v) is 7.87. The van der Waals surface area contributed by atoms with Crippen molar-refractivity contribution in [3.05, 3.63) is 94.4 Å². The lowest BCUT2D eigenvalue weighted by Crippen LogP contribution is -2.29. The van der Waals surface area contributed by atoms with Gasteiger partial charge in [0.15, 0.2) is 0 Å². The van der Waals surface area contributed by atoms with Crippen LogP contribution in [0.5, 0.6) is 5.75 Å². The summed E-state index contributed by atoms with van der Waals surface area (Å²) in [6.45, 7) is 2.63. The van der Waals surface area contributed by atoms with Gasteiger partial charge in [-0.15, -0.1) is 0 Å². The van der Waals surface area contributed by atoms with Gasteiger partial charge in [-0.2, -0.15) is 0 Å². The summed E-state index contributed by atoms with van der Waals surface area (Å²) in [5.74, 6) is -0.566. The Hall–Kier alpha value is -3.51. The van der Waals surface area contributed by atoms with Crippen LogP contribution in [0.2, 0.25) is 5.02 Å². The third-order valence-corrected chi connectivity index (χ3v) is 5.46. The maximum absolute atomic E-state index is 13.1. The lowest BCUT2D eigenvalue weighted by Gasteiger charge is -2.25. The third kappa shape index (κ3) is 4.27. The average Bonchev–Trinajstić information content (AvgIpc) is 3.40. The molecule has 4 rings (SSSR count). The van der Waals surface area contributed by atoms with Crippen LogP contribution >= 0.6 is 11.6 Å². The van der Waals surface area contributed by atoms with Crippen molar-refractivity contribution in [3.8, 4) is 5.75 Å². The van der Waals surface area contributed by atoms with E-state index in [0.29, 0.717) is 34.3 Å². The van der Waals surface area contributed by atoms with Crippen LogP contribution in [0.25, 0.3) is 5.76 Å². The molecule has 0 radical (unpaired) electrons. The largest absolute Gasteiger partial charge is 0.507 e. The number of carbonyl (C=O) groups is 2. The average molecular weight is 452 g/mol. The molecule has 1 unspecified atom stereocenters. The van der Waals surface area contributed by atoms with E-state index in [4.69, 9.17) is 20.8 Å². The van der Waals surface area contributed by atoms with Gasteiger partial charge in [0.1, 0.15) is 17.3 Å². The molecule has 6 nitrogen and oxygen atoms in total. The highest BCUT2D eigenvalue weighted by Gasteiger charge is 2.46. The fraction of sp³-hybridized carbons (Fsp3) is 0.200. The van der Waals surface area contributed by atoms with Crippen LogP contribution < -0.4 is 4.74 Å². The van der Waals surface area contributed by atoms with E-state index in [2.05, 4.69) is 0 Å². The summed E-state index contributed by atoms with van der Waals surface area (Å²) >= 11 is 5.96. The standard InChI is InChI=1S/C25H22ClNO5/c1-2-12-31-19-6-3-5-17(14-19)22-21(23(28)16-8-10-18(26)11-9-16)24(29)25(30)27(22)15-20-7-4-13-32-20/h3-11,13-14,22,28H,2,12,15H2,1H3. The van der Waals surface area contributed by atoms with Crippen LogP contribution in [0.15, 0.2) is 76.9 Å². The van der Waals surface area contributed by atoms with Crippen molar-refractivity contribution in [1.82, 2.24) is 4.90 Å². The Morgan fingerprint density at radius 1 is 1.12 bits per heavy atom. The Kier molecular flexibility index (Phi) is 6.32. The minimum Gasteiger partial charge on any atom is -0.507 e. The van der Waals surface area contributed by atoms with Crippen molar-refractivity contribution < 1.29 is 23.8 Å². The van der Waals surface area contributed by atoms with Gasteiger partial charge in [-0.25, -0.2) is 0 Å². The van der Waals surface area contributed by atoms with Crippen molar-refractivity contribution >= 4 is 29.1 Å². The molecule has 1 N–H and O–H groups in total. The smallest absolute Gasteiger partial charge is 0.296 e. The number of nitrogens with zero attached hydrogens (tertiary/aromatic N) is 1. The number of amides is 1. The van der Waals surface area contributed by atoms with Crippen LogP contribution in [-0.4, -0.2) is 28.3 Å². The molecule has 3 aromatic rings. The zero-order valence-electron chi connectivity index (χ0n) is 17.5. The Morgan fingerprint density at radius 3 is 2.59 bits per heavy atom. The zero-order chi connectivity index (χ0) is 22.7. The number of ether oxygens (including phenoxy) is 1. The number of Topliss-reactive ketones (excluding diaryl/α,β-unsaturated/α-hetero) is 1. The monoisotopic (exact) mass is 451 g/mol. The highest BCUT2D eigenvalue weighted by atomic mass is 35.5. The van der Waals surface area contributed by atoms with Crippen LogP contribution in [0.4, 0.5) is 0 Å². The number of carbonyl (C=O) groups excluding carboxylic acids is 2. The molecule has 2 aromatic carbocycles. The molecule has 0 spiro atoms. The number of rotatable bonds is 7. The Bertz CT molecular complexity index is 1150. The molecule has 1 aromatic heterocycles. The molecule has 32 heavy (non-hydrogen) atoms. The highest BCUT2D eigenvalue weighted by Crippen LogP contribution is 2.41. The summed E-state index contributed by atoms with van der Waals surface area (Å²) < 4.78 is 11.2. The maximum Gasteiger partial charge on any atom is 0.296 e. The number of ketones is 1. The summed E-state index contributed by atoms with van der Waals surface area (Å²) in [5.41, 5.74) is 1.06. The van der Waals surface area contributed by atoms with Gasteiger partial charge in [0, 0.05) is 10.6 Å². The fourth-order valence-electron chi connectivity index (χ4n) is 3.72. The molecule has 1 aliphatic heterocycles. The lowest BCUT2D eigenvalue weighted by atomic mass is 9.95. The van der Waals surface area contributed by atoms with E-state index in [-0.39, 0.29) is 17.9 Å². The van der Waals surface area contributed by atoms with E-state index in [1.54, 1.807) is 54.6 Å². The van der Waals surface area contributed by atoms with Crippen molar-refractivity contribution in [2.45, 2.75) is 25.9 Å². The number of hydrogen-bond acceptors (Lipinski definition) is 5. The molecule has 164 valence electrons. The van der Waals surface area contributed by atoms with Gasteiger partial charge in [-0.05, 0) is 60.5 Å². The van der Waals surface area contributed by atoms with Crippen LogP contribution in [0, 0.1) is 0 Å². The predicted octanol–water partition coefficient (Wildman–Crippen LogP) is 5.34. The zero-order valence-corrected chi connectivity index (χ0v) is 18.2. The molecule has 0 aliphatic carbocycles. The van der Waals surface area contributed by atoms with Crippen molar-refractivity contribution in [3.63, 3.8) is 0 Å². The van der Waals surface area contributed by atoms with E-state index in [9.17, 15) is 14.7 Å². The molecule has 1 amide bonds.